The largest absolute Gasteiger partial charge is 0.481 e. The standard InChI is InChI=1S/C15H17N3O3/c1-3-18(9-10(2)15(20)21)14(19)13-8-16-11-6-4-5-7-12(11)17-13/h4-8,10H,3,9H2,1-2H3,(H,20,21). The highest BCUT2D eigenvalue weighted by molar-refractivity contribution is 5.94. The minimum atomic E-state index is -0.925. The maximum absolute atomic E-state index is 12.4. The first kappa shape index (κ1) is 14.9. The van der Waals surface area contributed by atoms with Crippen LogP contribution in [0.1, 0.15) is 24.3 Å². The molecule has 1 N–H and O–H groups in total. The Morgan fingerprint density at radius 3 is 2.57 bits per heavy atom. The highest BCUT2D eigenvalue weighted by Crippen LogP contribution is 2.11. The number of carboxylic acid groups (broad SMARTS) is 1. The smallest absolute Gasteiger partial charge is 0.308 e. The average molecular weight is 287 g/mol. The van der Waals surface area contributed by atoms with Gasteiger partial charge < -0.3 is 10.0 Å². The van der Waals surface area contributed by atoms with Crippen molar-refractivity contribution in [1.82, 2.24) is 14.9 Å². The number of carboxylic acids is 1. The number of para-hydroxylation sites is 2. The lowest BCUT2D eigenvalue weighted by atomic mass is 10.1. The van der Waals surface area contributed by atoms with E-state index >= 15 is 0 Å². The topological polar surface area (TPSA) is 83.4 Å². The molecule has 0 aliphatic rings. The van der Waals surface area contributed by atoms with Crippen molar-refractivity contribution < 1.29 is 14.7 Å². The van der Waals surface area contributed by atoms with Crippen molar-refractivity contribution in [1.29, 1.82) is 0 Å². The molecule has 1 heterocycles. The molecule has 0 aliphatic carbocycles. The van der Waals surface area contributed by atoms with Crippen LogP contribution >= 0.6 is 0 Å². The number of carbonyl (C=O) groups excluding carboxylic acids is 1. The van der Waals surface area contributed by atoms with Crippen LogP contribution in [0.25, 0.3) is 11.0 Å². The number of benzene rings is 1. The molecule has 0 fully saturated rings. The van der Waals surface area contributed by atoms with E-state index in [9.17, 15) is 9.59 Å². The molecule has 6 nitrogen and oxygen atoms in total. The number of amides is 1. The Kier molecular flexibility index (Phi) is 4.47. The van der Waals surface area contributed by atoms with Crippen LogP contribution in [-0.4, -0.2) is 44.9 Å². The Morgan fingerprint density at radius 2 is 1.95 bits per heavy atom. The minimum Gasteiger partial charge on any atom is -0.481 e. The van der Waals surface area contributed by atoms with Crippen molar-refractivity contribution >= 4 is 22.9 Å². The van der Waals surface area contributed by atoms with Gasteiger partial charge in [-0.05, 0) is 19.1 Å². The number of carbonyl (C=O) groups is 2. The number of hydrogen-bond acceptors (Lipinski definition) is 4. The molecule has 1 unspecified atom stereocenters. The zero-order valence-electron chi connectivity index (χ0n) is 12.0. The molecule has 1 amide bonds. The van der Waals surface area contributed by atoms with E-state index in [1.165, 1.54) is 11.1 Å². The van der Waals surface area contributed by atoms with Crippen molar-refractivity contribution in [2.75, 3.05) is 13.1 Å². The van der Waals surface area contributed by atoms with Crippen molar-refractivity contribution in [2.24, 2.45) is 5.92 Å². The second kappa shape index (κ2) is 6.30. The normalized spacial score (nSPS) is 12.1. The van der Waals surface area contributed by atoms with Gasteiger partial charge in [0.05, 0.1) is 23.1 Å². The number of fused-ring (bicyclic) bond motifs is 1. The summed E-state index contributed by atoms with van der Waals surface area (Å²) in [5.41, 5.74) is 1.59. The van der Waals surface area contributed by atoms with Crippen molar-refractivity contribution in [3.8, 4) is 0 Å². The highest BCUT2D eigenvalue weighted by Gasteiger charge is 2.21. The zero-order chi connectivity index (χ0) is 15.4. The number of aliphatic carboxylic acids is 1. The SMILES string of the molecule is CCN(CC(C)C(=O)O)C(=O)c1cnc2ccccc2n1. The molecular formula is C15H17N3O3. The van der Waals surface area contributed by atoms with E-state index in [0.717, 1.165) is 5.52 Å². The third-order valence-corrected chi connectivity index (χ3v) is 3.25. The molecule has 0 saturated heterocycles. The fourth-order valence-corrected chi connectivity index (χ4v) is 1.99. The summed E-state index contributed by atoms with van der Waals surface area (Å²) in [4.78, 5) is 33.3. The van der Waals surface area contributed by atoms with Crippen LogP contribution < -0.4 is 0 Å². The summed E-state index contributed by atoms with van der Waals surface area (Å²) in [6.07, 6.45) is 1.43. The van der Waals surface area contributed by atoms with Crippen LogP contribution in [0.4, 0.5) is 0 Å². The van der Waals surface area contributed by atoms with Crippen LogP contribution in [-0.2, 0) is 4.79 Å². The molecule has 2 rings (SSSR count). The maximum atomic E-state index is 12.4. The second-order valence-electron chi connectivity index (χ2n) is 4.83. The maximum Gasteiger partial charge on any atom is 0.308 e. The number of hydrogen-bond donors (Lipinski definition) is 1. The van der Waals surface area contributed by atoms with Gasteiger partial charge in [-0.25, -0.2) is 4.98 Å². The Balaban J connectivity index is 2.24. The summed E-state index contributed by atoms with van der Waals surface area (Å²) in [5, 5.41) is 8.95. The molecular weight excluding hydrogens is 270 g/mol. The predicted molar refractivity (Wildman–Crippen MR) is 77.9 cm³/mol. The second-order valence-corrected chi connectivity index (χ2v) is 4.83. The summed E-state index contributed by atoms with van der Waals surface area (Å²) < 4.78 is 0. The van der Waals surface area contributed by atoms with Crippen molar-refractivity contribution in [3.63, 3.8) is 0 Å². The van der Waals surface area contributed by atoms with Gasteiger partial charge in [-0.15, -0.1) is 0 Å². The van der Waals surface area contributed by atoms with E-state index in [0.29, 0.717) is 12.1 Å². The first-order valence-electron chi connectivity index (χ1n) is 6.76. The molecule has 0 bridgehead atoms. The van der Waals surface area contributed by atoms with Gasteiger partial charge in [0.2, 0.25) is 0 Å². The summed E-state index contributed by atoms with van der Waals surface area (Å²) in [6.45, 7) is 3.95. The lowest BCUT2D eigenvalue weighted by Crippen LogP contribution is -2.37. The quantitative estimate of drug-likeness (QED) is 0.906. The Morgan fingerprint density at radius 1 is 1.29 bits per heavy atom. The predicted octanol–water partition coefficient (Wildman–Crippen LogP) is 1.81. The molecule has 1 aromatic heterocycles. The fourth-order valence-electron chi connectivity index (χ4n) is 1.99. The summed E-state index contributed by atoms with van der Waals surface area (Å²) in [5.74, 6) is -1.85. The number of nitrogens with zero attached hydrogens (tertiary/aromatic N) is 3. The zero-order valence-corrected chi connectivity index (χ0v) is 12.0. The van der Waals surface area contributed by atoms with Crippen LogP contribution in [0, 0.1) is 5.92 Å². The van der Waals surface area contributed by atoms with Crippen LogP contribution in [0.15, 0.2) is 30.5 Å². The molecule has 110 valence electrons. The first-order valence-corrected chi connectivity index (χ1v) is 6.76. The minimum absolute atomic E-state index is 0.152. The lowest BCUT2D eigenvalue weighted by Gasteiger charge is -2.22. The molecule has 0 spiro atoms. The van der Waals surface area contributed by atoms with E-state index in [1.807, 2.05) is 18.2 Å². The molecule has 6 heteroatoms. The number of aromatic nitrogens is 2. The summed E-state index contributed by atoms with van der Waals surface area (Å²) >= 11 is 0. The summed E-state index contributed by atoms with van der Waals surface area (Å²) in [6, 6.07) is 7.29. The van der Waals surface area contributed by atoms with Gasteiger partial charge in [0.1, 0.15) is 5.69 Å². The molecule has 1 atom stereocenters. The van der Waals surface area contributed by atoms with E-state index in [1.54, 1.807) is 19.9 Å². The van der Waals surface area contributed by atoms with Gasteiger partial charge in [0.25, 0.3) is 5.91 Å². The Labute approximate surface area is 122 Å². The fraction of sp³-hybridized carbons (Fsp3) is 0.333. The number of rotatable bonds is 5. The van der Waals surface area contributed by atoms with E-state index in [2.05, 4.69) is 9.97 Å². The molecule has 0 saturated carbocycles. The van der Waals surface area contributed by atoms with Gasteiger partial charge in [0, 0.05) is 13.1 Å². The third kappa shape index (κ3) is 3.34. The Bertz CT molecular complexity index is 672. The van der Waals surface area contributed by atoms with Crippen LogP contribution in [0.3, 0.4) is 0 Å². The van der Waals surface area contributed by atoms with Crippen molar-refractivity contribution in [2.45, 2.75) is 13.8 Å². The molecule has 21 heavy (non-hydrogen) atoms. The van der Waals surface area contributed by atoms with Gasteiger partial charge in [-0.3, -0.25) is 14.6 Å². The summed E-state index contributed by atoms with van der Waals surface area (Å²) in [7, 11) is 0. The van der Waals surface area contributed by atoms with E-state index in [4.69, 9.17) is 5.11 Å². The first-order chi connectivity index (χ1) is 10.0. The Hall–Kier alpha value is -2.50. The van der Waals surface area contributed by atoms with Gasteiger partial charge >= 0.3 is 5.97 Å². The highest BCUT2D eigenvalue weighted by atomic mass is 16.4. The molecule has 0 radical (unpaired) electrons. The van der Waals surface area contributed by atoms with Crippen LogP contribution in [0.5, 0.6) is 0 Å². The molecule has 1 aromatic carbocycles. The monoisotopic (exact) mass is 287 g/mol. The molecule has 0 aliphatic heterocycles. The average Bonchev–Trinajstić information content (AvgIpc) is 2.51. The van der Waals surface area contributed by atoms with Crippen LogP contribution in [0.2, 0.25) is 0 Å². The van der Waals surface area contributed by atoms with Crippen molar-refractivity contribution in [3.05, 3.63) is 36.2 Å². The van der Waals surface area contributed by atoms with E-state index in [-0.39, 0.29) is 18.1 Å². The van der Waals surface area contributed by atoms with Gasteiger partial charge in [0.15, 0.2) is 0 Å². The lowest BCUT2D eigenvalue weighted by molar-refractivity contribution is -0.141. The van der Waals surface area contributed by atoms with Gasteiger partial charge in [-0.1, -0.05) is 19.1 Å². The third-order valence-electron chi connectivity index (χ3n) is 3.25. The van der Waals surface area contributed by atoms with Gasteiger partial charge in [-0.2, -0.15) is 0 Å². The molecule has 2 aromatic rings. The van der Waals surface area contributed by atoms with E-state index < -0.39 is 11.9 Å².